The van der Waals surface area contributed by atoms with Crippen LogP contribution in [0.5, 0.6) is 0 Å². The predicted molar refractivity (Wildman–Crippen MR) is 78.8 cm³/mol. The molecule has 1 N–H and O–H groups in total. The Morgan fingerprint density at radius 1 is 1.17 bits per heavy atom. The fourth-order valence-corrected chi connectivity index (χ4v) is 2.81. The lowest BCUT2D eigenvalue weighted by atomic mass is 9.70. The minimum absolute atomic E-state index is 0.522. The minimum atomic E-state index is 0.522. The van der Waals surface area contributed by atoms with Crippen LogP contribution in [0.15, 0.2) is 24.3 Å². The van der Waals surface area contributed by atoms with E-state index >= 15 is 0 Å². The van der Waals surface area contributed by atoms with Gasteiger partial charge in [0.2, 0.25) is 0 Å². The van der Waals surface area contributed by atoms with Crippen molar-refractivity contribution in [1.29, 1.82) is 0 Å². The maximum absolute atomic E-state index is 3.77. The van der Waals surface area contributed by atoms with Crippen LogP contribution in [-0.4, -0.2) is 6.54 Å². The van der Waals surface area contributed by atoms with Gasteiger partial charge in [-0.15, -0.1) is 0 Å². The maximum Gasteiger partial charge on any atom is 0.0317 e. The van der Waals surface area contributed by atoms with Gasteiger partial charge in [-0.3, -0.25) is 0 Å². The van der Waals surface area contributed by atoms with Gasteiger partial charge in [0.25, 0.3) is 0 Å². The van der Waals surface area contributed by atoms with Gasteiger partial charge in [-0.1, -0.05) is 51.5 Å². The summed E-state index contributed by atoms with van der Waals surface area (Å²) >= 11 is 0. The fourth-order valence-electron chi connectivity index (χ4n) is 2.81. The molecule has 1 fully saturated rings. The van der Waals surface area contributed by atoms with Crippen molar-refractivity contribution >= 4 is 0 Å². The number of rotatable bonds is 6. The van der Waals surface area contributed by atoms with Gasteiger partial charge in [0, 0.05) is 12.6 Å². The molecule has 0 bridgehead atoms. The molecule has 1 aromatic carbocycles. The zero-order valence-electron chi connectivity index (χ0n) is 12.1. The predicted octanol–water partition coefficient (Wildman–Crippen LogP) is 4.48. The number of aryl methyl sites for hydroxylation is 1. The molecule has 0 spiro atoms. The third-order valence-corrected chi connectivity index (χ3v) is 4.53. The summed E-state index contributed by atoms with van der Waals surface area (Å²) in [5, 5.41) is 3.77. The molecule has 2 rings (SSSR count). The highest BCUT2D eigenvalue weighted by Gasteiger charge is 2.31. The third-order valence-electron chi connectivity index (χ3n) is 4.53. The Hall–Kier alpha value is -0.820. The Labute approximate surface area is 112 Å². The van der Waals surface area contributed by atoms with E-state index in [1.807, 2.05) is 0 Å². The van der Waals surface area contributed by atoms with E-state index in [9.17, 15) is 0 Å². The molecule has 1 unspecified atom stereocenters. The number of benzene rings is 1. The second kappa shape index (κ2) is 5.88. The zero-order valence-corrected chi connectivity index (χ0v) is 12.1. The number of hydrogen-bond donors (Lipinski definition) is 1. The Morgan fingerprint density at radius 3 is 2.28 bits per heavy atom. The van der Waals surface area contributed by atoms with Crippen molar-refractivity contribution in [2.45, 2.75) is 58.9 Å². The Bertz CT molecular complexity index is 362. The Morgan fingerprint density at radius 2 is 1.83 bits per heavy atom. The molecule has 1 heteroatoms. The molecule has 1 aromatic rings. The van der Waals surface area contributed by atoms with Gasteiger partial charge in [0.1, 0.15) is 0 Å². The summed E-state index contributed by atoms with van der Waals surface area (Å²) in [6.45, 7) is 8.06. The summed E-state index contributed by atoms with van der Waals surface area (Å²) < 4.78 is 0. The van der Waals surface area contributed by atoms with Crippen LogP contribution in [0.3, 0.4) is 0 Å². The van der Waals surface area contributed by atoms with Crippen molar-refractivity contribution in [3.63, 3.8) is 0 Å². The minimum Gasteiger partial charge on any atom is -0.309 e. The smallest absolute Gasteiger partial charge is 0.0317 e. The lowest BCUT2D eigenvalue weighted by Gasteiger charge is -2.39. The van der Waals surface area contributed by atoms with Crippen LogP contribution in [0.4, 0.5) is 0 Å². The Balaban J connectivity index is 1.94. The van der Waals surface area contributed by atoms with Crippen molar-refractivity contribution in [1.82, 2.24) is 5.32 Å². The summed E-state index contributed by atoms with van der Waals surface area (Å²) in [5.74, 6) is 0. The van der Waals surface area contributed by atoms with E-state index in [0.29, 0.717) is 11.5 Å². The highest BCUT2D eigenvalue weighted by Crippen LogP contribution is 2.40. The number of nitrogens with one attached hydrogen (secondary N) is 1. The van der Waals surface area contributed by atoms with Gasteiger partial charge in [-0.25, -0.2) is 0 Å². The molecule has 100 valence electrons. The van der Waals surface area contributed by atoms with E-state index in [1.54, 1.807) is 0 Å². The SMILES string of the molecule is CCc1ccc(C(CC)NCC2(C)CCC2)cc1. The zero-order chi connectivity index (χ0) is 13.0. The molecule has 1 saturated carbocycles. The molecule has 1 atom stereocenters. The summed E-state index contributed by atoms with van der Waals surface area (Å²) in [6.07, 6.45) is 6.50. The van der Waals surface area contributed by atoms with Crippen LogP contribution >= 0.6 is 0 Å². The first-order valence-electron chi connectivity index (χ1n) is 7.49. The van der Waals surface area contributed by atoms with Crippen LogP contribution in [0, 0.1) is 5.41 Å². The van der Waals surface area contributed by atoms with Gasteiger partial charge < -0.3 is 5.32 Å². The van der Waals surface area contributed by atoms with E-state index in [-0.39, 0.29) is 0 Å². The highest BCUT2D eigenvalue weighted by atomic mass is 14.9. The third kappa shape index (κ3) is 3.14. The van der Waals surface area contributed by atoms with Crippen LogP contribution < -0.4 is 5.32 Å². The standard InChI is InChI=1S/C17H27N/c1-4-14-7-9-15(10-8-14)16(5-2)18-13-17(3)11-6-12-17/h7-10,16,18H,4-6,11-13H2,1-3H3. The van der Waals surface area contributed by atoms with E-state index < -0.39 is 0 Å². The molecule has 0 saturated heterocycles. The average Bonchev–Trinajstić information content (AvgIpc) is 2.38. The average molecular weight is 245 g/mol. The molecule has 18 heavy (non-hydrogen) atoms. The molecule has 1 nitrogen and oxygen atoms in total. The summed E-state index contributed by atoms with van der Waals surface area (Å²) in [7, 11) is 0. The molecule has 0 amide bonds. The van der Waals surface area contributed by atoms with Gasteiger partial charge in [-0.05, 0) is 42.2 Å². The summed E-state index contributed by atoms with van der Waals surface area (Å²) in [5.41, 5.74) is 3.44. The van der Waals surface area contributed by atoms with Gasteiger partial charge in [0.05, 0.1) is 0 Å². The van der Waals surface area contributed by atoms with Crippen LogP contribution in [0.1, 0.15) is 63.6 Å². The van der Waals surface area contributed by atoms with Crippen molar-refractivity contribution < 1.29 is 0 Å². The van der Waals surface area contributed by atoms with Gasteiger partial charge in [-0.2, -0.15) is 0 Å². The quantitative estimate of drug-likeness (QED) is 0.779. The maximum atomic E-state index is 3.77. The topological polar surface area (TPSA) is 12.0 Å². The second-order valence-electron chi connectivity index (χ2n) is 6.10. The van der Waals surface area contributed by atoms with E-state index in [0.717, 1.165) is 6.42 Å². The lowest BCUT2D eigenvalue weighted by molar-refractivity contribution is 0.150. The fraction of sp³-hybridized carbons (Fsp3) is 0.647. The first kappa shape index (κ1) is 13.6. The second-order valence-corrected chi connectivity index (χ2v) is 6.10. The van der Waals surface area contributed by atoms with Crippen LogP contribution in [0.25, 0.3) is 0 Å². The molecule has 0 aliphatic heterocycles. The lowest BCUT2D eigenvalue weighted by Crippen LogP contribution is -2.38. The first-order chi connectivity index (χ1) is 8.67. The first-order valence-corrected chi connectivity index (χ1v) is 7.49. The molecular formula is C17H27N. The van der Waals surface area contributed by atoms with Gasteiger partial charge >= 0.3 is 0 Å². The Kier molecular flexibility index (Phi) is 4.45. The van der Waals surface area contributed by atoms with E-state index in [1.165, 1.54) is 43.4 Å². The van der Waals surface area contributed by atoms with Crippen molar-refractivity contribution in [2.24, 2.45) is 5.41 Å². The molecule has 1 aliphatic rings. The number of hydrogen-bond acceptors (Lipinski definition) is 1. The van der Waals surface area contributed by atoms with Gasteiger partial charge in [0.15, 0.2) is 0 Å². The normalized spacial score (nSPS) is 19.3. The monoisotopic (exact) mass is 245 g/mol. The van der Waals surface area contributed by atoms with Crippen molar-refractivity contribution in [2.75, 3.05) is 6.54 Å². The highest BCUT2D eigenvalue weighted by molar-refractivity contribution is 5.25. The summed E-state index contributed by atoms with van der Waals surface area (Å²) in [4.78, 5) is 0. The van der Waals surface area contributed by atoms with Crippen molar-refractivity contribution in [3.8, 4) is 0 Å². The van der Waals surface area contributed by atoms with E-state index in [4.69, 9.17) is 0 Å². The van der Waals surface area contributed by atoms with Crippen LogP contribution in [0.2, 0.25) is 0 Å². The largest absolute Gasteiger partial charge is 0.309 e. The van der Waals surface area contributed by atoms with E-state index in [2.05, 4.69) is 50.4 Å². The molecule has 1 aliphatic carbocycles. The molecule has 0 radical (unpaired) electrons. The van der Waals surface area contributed by atoms with Crippen molar-refractivity contribution in [3.05, 3.63) is 35.4 Å². The molecule has 0 heterocycles. The summed E-state index contributed by atoms with van der Waals surface area (Å²) in [6, 6.07) is 9.65. The van der Waals surface area contributed by atoms with Crippen LogP contribution in [-0.2, 0) is 6.42 Å². The molecular weight excluding hydrogens is 218 g/mol. The molecule has 0 aromatic heterocycles.